The number of phenolic OH excluding ortho intramolecular Hbond substituents is 1. The van der Waals surface area contributed by atoms with Gasteiger partial charge >= 0.3 is 10.2 Å². The number of fused-ring (bicyclic) bond motifs is 1. The Kier molecular flexibility index (Phi) is 5.16. The molecule has 0 amide bonds. The molecule has 8 heteroatoms. The van der Waals surface area contributed by atoms with Gasteiger partial charge in [-0.05, 0) is 55.3 Å². The molecule has 0 bridgehead atoms. The summed E-state index contributed by atoms with van der Waals surface area (Å²) in [6.45, 7) is 8.68. The van der Waals surface area contributed by atoms with E-state index in [2.05, 4.69) is 30.5 Å². The highest BCUT2D eigenvalue weighted by molar-refractivity contribution is 7.91. The lowest BCUT2D eigenvalue weighted by molar-refractivity contribution is 0.419. The smallest absolute Gasteiger partial charge is 0.324 e. The average Bonchev–Trinajstić information content (AvgIpc) is 2.80. The van der Waals surface area contributed by atoms with Crippen molar-refractivity contribution >= 4 is 15.9 Å². The third-order valence-electron chi connectivity index (χ3n) is 4.93. The van der Waals surface area contributed by atoms with Gasteiger partial charge in [-0.3, -0.25) is 4.72 Å². The number of hydrogen-bond acceptors (Lipinski definition) is 4. The standard InChI is InChI=1S/C18H26FN3O3S/c1-11(2)6-7-20-14-5-4-13-8-16(23)18(17(19)15(13)9-14)22-10-12(3)21-26(22,24)25/h8,11,14,20-21,23H,3-7,9-10H2,1-2H3/t14-/m1/s1. The van der Waals surface area contributed by atoms with Gasteiger partial charge < -0.3 is 10.4 Å². The molecule has 2 aliphatic rings. The fraction of sp³-hybridized carbons (Fsp3) is 0.556. The van der Waals surface area contributed by atoms with E-state index in [0.29, 0.717) is 24.3 Å². The van der Waals surface area contributed by atoms with Gasteiger partial charge in [0.25, 0.3) is 0 Å². The predicted molar refractivity (Wildman–Crippen MR) is 99.9 cm³/mol. The van der Waals surface area contributed by atoms with Crippen molar-refractivity contribution in [2.24, 2.45) is 5.92 Å². The third kappa shape index (κ3) is 3.66. The number of phenols is 1. The second kappa shape index (κ2) is 7.08. The van der Waals surface area contributed by atoms with Crippen LogP contribution in [0.1, 0.15) is 37.8 Å². The van der Waals surface area contributed by atoms with Crippen molar-refractivity contribution in [3.05, 3.63) is 35.3 Å². The molecule has 3 N–H and O–H groups in total. The number of nitrogens with zero attached hydrogens (tertiary/aromatic N) is 1. The Bertz CT molecular complexity index is 823. The molecule has 0 saturated carbocycles. The minimum atomic E-state index is -3.93. The van der Waals surface area contributed by atoms with Gasteiger partial charge in [-0.2, -0.15) is 8.42 Å². The van der Waals surface area contributed by atoms with Crippen LogP contribution in [-0.2, 0) is 23.1 Å². The summed E-state index contributed by atoms with van der Waals surface area (Å²) in [6.07, 6.45) is 3.04. The molecule has 0 unspecified atom stereocenters. The number of anilines is 1. The quantitative estimate of drug-likeness (QED) is 0.728. The van der Waals surface area contributed by atoms with E-state index >= 15 is 4.39 Å². The Labute approximate surface area is 154 Å². The fourth-order valence-corrected chi connectivity index (χ4v) is 4.83. The largest absolute Gasteiger partial charge is 0.506 e. The maximum Gasteiger partial charge on any atom is 0.324 e. The molecule has 3 rings (SSSR count). The van der Waals surface area contributed by atoms with Gasteiger partial charge in [0.1, 0.15) is 11.4 Å². The topological polar surface area (TPSA) is 81.7 Å². The van der Waals surface area contributed by atoms with E-state index in [1.807, 2.05) is 0 Å². The van der Waals surface area contributed by atoms with Gasteiger partial charge in [-0.15, -0.1) is 0 Å². The highest BCUT2D eigenvalue weighted by Crippen LogP contribution is 2.40. The predicted octanol–water partition coefficient (Wildman–Crippen LogP) is 2.19. The molecule has 1 aliphatic heterocycles. The molecule has 1 heterocycles. The van der Waals surface area contributed by atoms with Crippen molar-refractivity contribution < 1.29 is 17.9 Å². The number of hydrogen-bond donors (Lipinski definition) is 3. The first kappa shape index (κ1) is 19.0. The first-order chi connectivity index (χ1) is 12.2. The van der Waals surface area contributed by atoms with Gasteiger partial charge in [0.15, 0.2) is 5.82 Å². The molecule has 0 radical (unpaired) electrons. The fourth-order valence-electron chi connectivity index (χ4n) is 3.55. The molecule has 0 spiro atoms. The number of aryl methyl sites for hydroxylation is 1. The van der Waals surface area contributed by atoms with Crippen LogP contribution in [0.5, 0.6) is 5.75 Å². The second-order valence-corrected chi connectivity index (χ2v) is 9.08. The highest BCUT2D eigenvalue weighted by atomic mass is 32.2. The van der Waals surface area contributed by atoms with Crippen LogP contribution in [0.15, 0.2) is 18.3 Å². The van der Waals surface area contributed by atoms with Gasteiger partial charge in [0, 0.05) is 11.7 Å². The molecule has 0 aromatic heterocycles. The zero-order valence-electron chi connectivity index (χ0n) is 15.2. The zero-order valence-corrected chi connectivity index (χ0v) is 16.0. The number of benzene rings is 1. The molecule has 1 aliphatic carbocycles. The maximum absolute atomic E-state index is 15.2. The Balaban J connectivity index is 1.88. The van der Waals surface area contributed by atoms with E-state index in [9.17, 15) is 13.5 Å². The van der Waals surface area contributed by atoms with Crippen LogP contribution in [0.3, 0.4) is 0 Å². The summed E-state index contributed by atoms with van der Waals surface area (Å²) in [5, 5.41) is 13.7. The lowest BCUT2D eigenvalue weighted by Gasteiger charge is -2.28. The number of rotatable bonds is 5. The summed E-state index contributed by atoms with van der Waals surface area (Å²) < 4.78 is 42.6. The number of aromatic hydroxyl groups is 1. The lowest BCUT2D eigenvalue weighted by Crippen LogP contribution is -2.36. The Morgan fingerprint density at radius 3 is 2.85 bits per heavy atom. The van der Waals surface area contributed by atoms with Crippen molar-refractivity contribution in [2.75, 3.05) is 17.4 Å². The Hall–Kier alpha value is -1.80. The van der Waals surface area contributed by atoms with E-state index in [4.69, 9.17) is 0 Å². The van der Waals surface area contributed by atoms with Crippen LogP contribution >= 0.6 is 0 Å². The normalized spacial score (nSPS) is 21.8. The van der Waals surface area contributed by atoms with Crippen LogP contribution in [0.25, 0.3) is 0 Å². The summed E-state index contributed by atoms with van der Waals surface area (Å²) in [6, 6.07) is 1.64. The van der Waals surface area contributed by atoms with Crippen molar-refractivity contribution in [2.45, 2.75) is 45.6 Å². The van der Waals surface area contributed by atoms with Crippen LogP contribution in [-0.4, -0.2) is 32.7 Å². The van der Waals surface area contributed by atoms with E-state index in [-0.39, 0.29) is 29.7 Å². The first-order valence-electron chi connectivity index (χ1n) is 8.94. The van der Waals surface area contributed by atoms with Gasteiger partial charge in [0.05, 0.1) is 6.54 Å². The van der Waals surface area contributed by atoms with Crippen LogP contribution in [0, 0.1) is 11.7 Å². The molecular weight excluding hydrogens is 357 g/mol. The first-order valence-corrected chi connectivity index (χ1v) is 10.4. The molecular formula is C18H26FN3O3S. The molecule has 1 aromatic carbocycles. The summed E-state index contributed by atoms with van der Waals surface area (Å²) in [5.74, 6) is -0.414. The Morgan fingerprint density at radius 2 is 2.23 bits per heavy atom. The van der Waals surface area contributed by atoms with Gasteiger partial charge in [-0.25, -0.2) is 8.70 Å². The SMILES string of the molecule is C=C1CN(c2c(O)cc3c(c2F)C[C@H](NCCC(C)C)CC3)S(=O)(=O)N1. The minimum Gasteiger partial charge on any atom is -0.506 e. The summed E-state index contributed by atoms with van der Waals surface area (Å²) in [5.41, 5.74) is 1.18. The van der Waals surface area contributed by atoms with Crippen molar-refractivity contribution in [1.29, 1.82) is 0 Å². The monoisotopic (exact) mass is 383 g/mol. The maximum atomic E-state index is 15.2. The van der Waals surface area contributed by atoms with E-state index in [1.165, 1.54) is 6.07 Å². The van der Waals surface area contributed by atoms with Gasteiger partial charge in [0.2, 0.25) is 0 Å². The second-order valence-electron chi connectivity index (χ2n) is 7.49. The van der Waals surface area contributed by atoms with Crippen LogP contribution in [0.4, 0.5) is 10.1 Å². The lowest BCUT2D eigenvalue weighted by atomic mass is 9.87. The van der Waals surface area contributed by atoms with E-state index < -0.39 is 16.0 Å². The zero-order chi connectivity index (χ0) is 19.1. The summed E-state index contributed by atoms with van der Waals surface area (Å²) >= 11 is 0. The van der Waals surface area contributed by atoms with E-state index in [1.54, 1.807) is 0 Å². The van der Waals surface area contributed by atoms with Crippen LogP contribution < -0.4 is 14.3 Å². The summed E-state index contributed by atoms with van der Waals surface area (Å²) in [4.78, 5) is 0. The molecule has 1 atom stereocenters. The van der Waals surface area contributed by atoms with Crippen molar-refractivity contribution in [3.8, 4) is 5.75 Å². The third-order valence-corrected chi connectivity index (χ3v) is 6.37. The van der Waals surface area contributed by atoms with Crippen molar-refractivity contribution in [3.63, 3.8) is 0 Å². The molecule has 1 aromatic rings. The number of halogens is 1. The molecule has 1 saturated heterocycles. The Morgan fingerprint density at radius 1 is 1.50 bits per heavy atom. The molecule has 144 valence electrons. The molecule has 1 fully saturated rings. The summed E-state index contributed by atoms with van der Waals surface area (Å²) in [7, 11) is -3.93. The van der Waals surface area contributed by atoms with Crippen molar-refractivity contribution in [1.82, 2.24) is 10.0 Å². The average molecular weight is 383 g/mol. The van der Waals surface area contributed by atoms with E-state index in [0.717, 1.165) is 29.3 Å². The minimum absolute atomic E-state index is 0.0956. The molecule has 26 heavy (non-hydrogen) atoms. The molecule has 6 nitrogen and oxygen atoms in total. The van der Waals surface area contributed by atoms with Gasteiger partial charge in [-0.1, -0.05) is 20.4 Å². The number of nitrogens with one attached hydrogen (secondary N) is 2. The van der Waals surface area contributed by atoms with Crippen LogP contribution in [0.2, 0.25) is 0 Å². The highest BCUT2D eigenvalue weighted by Gasteiger charge is 2.36.